The van der Waals surface area contributed by atoms with E-state index in [0.29, 0.717) is 0 Å². The largest absolute Gasteiger partial charge is 0.379 e. The van der Waals surface area contributed by atoms with Crippen molar-refractivity contribution in [3.8, 4) is 0 Å². The summed E-state index contributed by atoms with van der Waals surface area (Å²) in [6.07, 6.45) is 3.42. The molecule has 0 aliphatic carbocycles. The molecule has 1 aliphatic heterocycles. The van der Waals surface area contributed by atoms with Gasteiger partial charge in [-0.05, 0) is 32.4 Å². The fourth-order valence-electron chi connectivity index (χ4n) is 2.10. The summed E-state index contributed by atoms with van der Waals surface area (Å²) >= 11 is 0. The lowest BCUT2D eigenvalue weighted by molar-refractivity contribution is 0.152. The van der Waals surface area contributed by atoms with E-state index in [9.17, 15) is 0 Å². The van der Waals surface area contributed by atoms with Crippen molar-refractivity contribution in [3.05, 3.63) is 0 Å². The van der Waals surface area contributed by atoms with Gasteiger partial charge in [-0.2, -0.15) is 0 Å². The second-order valence-corrected chi connectivity index (χ2v) is 4.44. The van der Waals surface area contributed by atoms with Gasteiger partial charge >= 0.3 is 0 Å². The van der Waals surface area contributed by atoms with Crippen LogP contribution in [0.1, 0.15) is 33.1 Å². The SMILES string of the molecule is CCCN(CCC)CC1(N)CCOC1. The average molecular weight is 200 g/mol. The Kier molecular flexibility index (Phi) is 4.85. The summed E-state index contributed by atoms with van der Waals surface area (Å²) in [4.78, 5) is 2.47. The highest BCUT2D eigenvalue weighted by atomic mass is 16.5. The summed E-state index contributed by atoms with van der Waals surface area (Å²) in [6, 6.07) is 0. The van der Waals surface area contributed by atoms with Crippen LogP contribution in [0.3, 0.4) is 0 Å². The van der Waals surface area contributed by atoms with Crippen molar-refractivity contribution in [3.63, 3.8) is 0 Å². The van der Waals surface area contributed by atoms with E-state index in [-0.39, 0.29) is 5.54 Å². The highest BCUT2D eigenvalue weighted by molar-refractivity contribution is 4.90. The van der Waals surface area contributed by atoms with Crippen molar-refractivity contribution in [2.75, 3.05) is 32.8 Å². The molecule has 1 saturated heterocycles. The average Bonchev–Trinajstić information content (AvgIpc) is 2.53. The lowest BCUT2D eigenvalue weighted by Crippen LogP contribution is -2.51. The minimum absolute atomic E-state index is 0.0790. The van der Waals surface area contributed by atoms with E-state index in [1.807, 2.05) is 0 Å². The Bertz CT molecular complexity index is 149. The van der Waals surface area contributed by atoms with Gasteiger partial charge in [-0.3, -0.25) is 0 Å². The molecule has 1 aliphatic rings. The number of nitrogens with two attached hydrogens (primary N) is 1. The Morgan fingerprint density at radius 1 is 1.29 bits per heavy atom. The van der Waals surface area contributed by atoms with Crippen molar-refractivity contribution in [1.82, 2.24) is 4.90 Å². The van der Waals surface area contributed by atoms with Gasteiger partial charge in [0.25, 0.3) is 0 Å². The topological polar surface area (TPSA) is 38.5 Å². The second-order valence-electron chi connectivity index (χ2n) is 4.44. The van der Waals surface area contributed by atoms with Gasteiger partial charge in [0.2, 0.25) is 0 Å². The Labute approximate surface area is 87.6 Å². The maximum Gasteiger partial charge on any atom is 0.0659 e. The zero-order chi connectivity index (χ0) is 10.4. The molecule has 3 nitrogen and oxygen atoms in total. The van der Waals surface area contributed by atoms with Crippen LogP contribution < -0.4 is 5.73 Å². The van der Waals surface area contributed by atoms with E-state index in [0.717, 1.165) is 39.3 Å². The third-order valence-corrected chi connectivity index (χ3v) is 2.75. The van der Waals surface area contributed by atoms with Crippen molar-refractivity contribution in [2.24, 2.45) is 5.73 Å². The Morgan fingerprint density at radius 2 is 1.93 bits per heavy atom. The summed E-state index contributed by atoms with van der Waals surface area (Å²) in [6.45, 7) is 9.32. The minimum Gasteiger partial charge on any atom is -0.379 e. The Morgan fingerprint density at radius 3 is 2.36 bits per heavy atom. The molecule has 2 N–H and O–H groups in total. The molecule has 1 atom stereocenters. The normalized spacial score (nSPS) is 27.4. The Hall–Kier alpha value is -0.120. The van der Waals surface area contributed by atoms with Crippen LogP contribution in [0, 0.1) is 0 Å². The number of nitrogens with zero attached hydrogens (tertiary/aromatic N) is 1. The zero-order valence-electron chi connectivity index (χ0n) is 9.59. The molecule has 0 aromatic carbocycles. The molecular weight excluding hydrogens is 176 g/mol. The smallest absolute Gasteiger partial charge is 0.0659 e. The number of hydrogen-bond acceptors (Lipinski definition) is 3. The minimum atomic E-state index is -0.0790. The molecule has 0 aromatic heterocycles. The fourth-order valence-corrected chi connectivity index (χ4v) is 2.10. The van der Waals surface area contributed by atoms with Crippen LogP contribution in [0.5, 0.6) is 0 Å². The van der Waals surface area contributed by atoms with Crippen LogP contribution in [0.15, 0.2) is 0 Å². The van der Waals surface area contributed by atoms with Gasteiger partial charge in [-0.1, -0.05) is 13.8 Å². The first-order valence-corrected chi connectivity index (χ1v) is 5.79. The van der Waals surface area contributed by atoms with E-state index < -0.39 is 0 Å². The van der Waals surface area contributed by atoms with Crippen LogP contribution in [0.2, 0.25) is 0 Å². The van der Waals surface area contributed by atoms with Gasteiger partial charge in [0, 0.05) is 13.2 Å². The first kappa shape index (κ1) is 12.0. The van der Waals surface area contributed by atoms with Gasteiger partial charge < -0.3 is 15.4 Å². The summed E-state index contributed by atoms with van der Waals surface area (Å²) < 4.78 is 5.37. The molecule has 0 radical (unpaired) electrons. The molecule has 0 bridgehead atoms. The third kappa shape index (κ3) is 3.56. The zero-order valence-corrected chi connectivity index (χ0v) is 9.59. The van der Waals surface area contributed by atoms with Crippen molar-refractivity contribution in [2.45, 2.75) is 38.6 Å². The molecule has 1 fully saturated rings. The first-order chi connectivity index (χ1) is 6.70. The van der Waals surface area contributed by atoms with Gasteiger partial charge in [0.15, 0.2) is 0 Å². The van der Waals surface area contributed by atoms with Crippen LogP contribution in [-0.2, 0) is 4.74 Å². The van der Waals surface area contributed by atoms with Gasteiger partial charge in [-0.25, -0.2) is 0 Å². The summed E-state index contributed by atoms with van der Waals surface area (Å²) in [5.74, 6) is 0. The molecule has 0 amide bonds. The number of rotatable bonds is 6. The second kappa shape index (κ2) is 5.69. The lowest BCUT2D eigenvalue weighted by atomic mass is 9.99. The summed E-state index contributed by atoms with van der Waals surface area (Å²) in [5.41, 5.74) is 6.17. The molecule has 0 aromatic rings. The van der Waals surface area contributed by atoms with E-state index in [1.54, 1.807) is 0 Å². The first-order valence-electron chi connectivity index (χ1n) is 5.79. The third-order valence-electron chi connectivity index (χ3n) is 2.75. The molecular formula is C11H24N2O. The molecule has 0 saturated carbocycles. The van der Waals surface area contributed by atoms with E-state index >= 15 is 0 Å². The maximum absolute atomic E-state index is 6.25. The monoisotopic (exact) mass is 200 g/mol. The van der Waals surface area contributed by atoms with E-state index in [4.69, 9.17) is 10.5 Å². The molecule has 14 heavy (non-hydrogen) atoms. The molecule has 3 heteroatoms. The molecule has 84 valence electrons. The predicted molar refractivity (Wildman–Crippen MR) is 59.4 cm³/mol. The summed E-state index contributed by atoms with van der Waals surface area (Å²) in [5, 5.41) is 0. The summed E-state index contributed by atoms with van der Waals surface area (Å²) in [7, 11) is 0. The van der Waals surface area contributed by atoms with Gasteiger partial charge in [0.05, 0.1) is 12.1 Å². The fraction of sp³-hybridized carbons (Fsp3) is 1.00. The highest BCUT2D eigenvalue weighted by Gasteiger charge is 2.31. The van der Waals surface area contributed by atoms with Gasteiger partial charge in [0.1, 0.15) is 0 Å². The maximum atomic E-state index is 6.25. The van der Waals surface area contributed by atoms with Crippen molar-refractivity contribution < 1.29 is 4.74 Å². The number of ether oxygens (including phenoxy) is 1. The standard InChI is InChI=1S/C11H24N2O/c1-3-6-13(7-4-2)9-11(12)5-8-14-10-11/h3-10,12H2,1-2H3. The van der Waals surface area contributed by atoms with E-state index in [1.165, 1.54) is 12.8 Å². The number of hydrogen-bond donors (Lipinski definition) is 1. The molecule has 1 rings (SSSR count). The predicted octanol–water partition coefficient (Wildman–Crippen LogP) is 1.23. The molecule has 0 spiro atoms. The molecule has 1 unspecified atom stereocenters. The highest BCUT2D eigenvalue weighted by Crippen LogP contribution is 2.17. The van der Waals surface area contributed by atoms with Crippen LogP contribution >= 0.6 is 0 Å². The van der Waals surface area contributed by atoms with Crippen LogP contribution in [0.4, 0.5) is 0 Å². The quantitative estimate of drug-likeness (QED) is 0.701. The van der Waals surface area contributed by atoms with Crippen molar-refractivity contribution in [1.29, 1.82) is 0 Å². The van der Waals surface area contributed by atoms with Crippen LogP contribution in [-0.4, -0.2) is 43.3 Å². The molecule has 1 heterocycles. The lowest BCUT2D eigenvalue weighted by Gasteiger charge is -2.30. The van der Waals surface area contributed by atoms with Crippen molar-refractivity contribution >= 4 is 0 Å². The van der Waals surface area contributed by atoms with E-state index in [2.05, 4.69) is 18.7 Å². The Balaban J connectivity index is 2.36. The van der Waals surface area contributed by atoms with Crippen LogP contribution in [0.25, 0.3) is 0 Å². The van der Waals surface area contributed by atoms with Gasteiger partial charge in [-0.15, -0.1) is 0 Å².